The van der Waals surface area contributed by atoms with Crippen molar-refractivity contribution in [2.75, 3.05) is 38.5 Å². The minimum Gasteiger partial charge on any atom is -0.339 e. The summed E-state index contributed by atoms with van der Waals surface area (Å²) in [5.41, 5.74) is 0.688. The van der Waals surface area contributed by atoms with Gasteiger partial charge in [0.1, 0.15) is 4.75 Å². The number of nitrogens with zero attached hydrogens (tertiary/aromatic N) is 2. The highest BCUT2D eigenvalue weighted by molar-refractivity contribution is 7.93. The van der Waals surface area contributed by atoms with Gasteiger partial charge in [-0.3, -0.25) is 4.79 Å². The number of sulfone groups is 1. The Kier molecular flexibility index (Phi) is 4.36. The predicted octanol–water partition coefficient (Wildman–Crippen LogP) is 2.22. The maximum Gasteiger partial charge on any atom is 0.233 e. The molecule has 0 bridgehead atoms. The van der Waals surface area contributed by atoms with E-state index in [1.54, 1.807) is 0 Å². The highest BCUT2D eigenvalue weighted by Crippen LogP contribution is 2.53. The molecule has 3 aliphatic heterocycles. The smallest absolute Gasteiger partial charge is 0.233 e. The number of likely N-dealkylation sites (tertiary alicyclic amines) is 2. The van der Waals surface area contributed by atoms with Crippen molar-refractivity contribution in [3.63, 3.8) is 0 Å². The Morgan fingerprint density at radius 2 is 1.71 bits per heavy atom. The van der Waals surface area contributed by atoms with Crippen LogP contribution in [0.15, 0.2) is 30.3 Å². The zero-order valence-electron chi connectivity index (χ0n) is 16.5. The zero-order chi connectivity index (χ0) is 19.4. The fourth-order valence-electron chi connectivity index (χ4n) is 5.74. The number of amides is 1. The topological polar surface area (TPSA) is 57.7 Å². The summed E-state index contributed by atoms with van der Waals surface area (Å²) in [7, 11) is -3.13. The average molecular weight is 403 g/mol. The van der Waals surface area contributed by atoms with Crippen molar-refractivity contribution in [3.05, 3.63) is 35.9 Å². The molecule has 6 heteroatoms. The molecule has 1 saturated carbocycles. The summed E-state index contributed by atoms with van der Waals surface area (Å²) in [6.45, 7) is 3.87. The van der Waals surface area contributed by atoms with E-state index in [0.717, 1.165) is 44.5 Å². The molecular formula is C22H30N2O3S. The van der Waals surface area contributed by atoms with Gasteiger partial charge in [0, 0.05) is 19.6 Å². The SMILES string of the molecule is O=C(N1CC2(C1)C(CN1CCCCC1)CCS2(=O)=O)C1(c2ccccc2)CC1. The van der Waals surface area contributed by atoms with Gasteiger partial charge in [0.05, 0.1) is 11.2 Å². The maximum atomic E-state index is 13.3. The van der Waals surface area contributed by atoms with E-state index in [0.29, 0.717) is 13.1 Å². The normalized spacial score (nSPS) is 30.1. The molecule has 1 aromatic carbocycles. The van der Waals surface area contributed by atoms with E-state index >= 15 is 0 Å². The molecule has 5 nitrogen and oxygen atoms in total. The fraction of sp³-hybridized carbons (Fsp3) is 0.682. The van der Waals surface area contributed by atoms with Gasteiger partial charge in [-0.2, -0.15) is 0 Å². The minimum atomic E-state index is -3.13. The summed E-state index contributed by atoms with van der Waals surface area (Å²) in [6, 6.07) is 10.0. The molecule has 4 fully saturated rings. The van der Waals surface area contributed by atoms with Crippen LogP contribution in [0.2, 0.25) is 0 Å². The molecular weight excluding hydrogens is 372 g/mol. The van der Waals surface area contributed by atoms with E-state index in [2.05, 4.69) is 4.90 Å². The fourth-order valence-corrected chi connectivity index (χ4v) is 8.14. The Bertz CT molecular complexity index is 851. The van der Waals surface area contributed by atoms with E-state index in [4.69, 9.17) is 0 Å². The van der Waals surface area contributed by atoms with Crippen molar-refractivity contribution in [2.24, 2.45) is 5.92 Å². The Morgan fingerprint density at radius 1 is 1.04 bits per heavy atom. The van der Waals surface area contributed by atoms with Gasteiger partial charge >= 0.3 is 0 Å². The van der Waals surface area contributed by atoms with Crippen LogP contribution >= 0.6 is 0 Å². The molecule has 0 radical (unpaired) electrons. The highest BCUT2D eigenvalue weighted by atomic mass is 32.2. The third-order valence-electron chi connectivity index (χ3n) is 7.72. The quantitative estimate of drug-likeness (QED) is 0.775. The number of rotatable bonds is 4. The molecule has 5 rings (SSSR count). The predicted molar refractivity (Wildman–Crippen MR) is 109 cm³/mol. The second-order valence-electron chi connectivity index (χ2n) is 9.34. The first-order valence-corrected chi connectivity index (χ1v) is 12.4. The summed E-state index contributed by atoms with van der Waals surface area (Å²) < 4.78 is 25.2. The molecule has 3 saturated heterocycles. The van der Waals surface area contributed by atoms with Gasteiger partial charge in [0.15, 0.2) is 9.84 Å². The van der Waals surface area contributed by atoms with Crippen LogP contribution in [-0.4, -0.2) is 67.3 Å². The summed E-state index contributed by atoms with van der Waals surface area (Å²) in [4.78, 5) is 17.6. The second kappa shape index (κ2) is 6.56. The van der Waals surface area contributed by atoms with Gasteiger partial charge in [-0.05, 0) is 56.7 Å². The number of carbonyl (C=O) groups is 1. The molecule has 1 atom stereocenters. The average Bonchev–Trinajstić information content (AvgIpc) is 3.44. The van der Waals surface area contributed by atoms with E-state index in [9.17, 15) is 13.2 Å². The van der Waals surface area contributed by atoms with Crippen LogP contribution in [0.3, 0.4) is 0 Å². The largest absolute Gasteiger partial charge is 0.339 e. The van der Waals surface area contributed by atoms with Gasteiger partial charge < -0.3 is 9.80 Å². The van der Waals surface area contributed by atoms with E-state index in [-0.39, 0.29) is 17.6 Å². The first-order chi connectivity index (χ1) is 13.5. The van der Waals surface area contributed by atoms with Crippen molar-refractivity contribution < 1.29 is 13.2 Å². The van der Waals surface area contributed by atoms with Crippen molar-refractivity contribution in [2.45, 2.75) is 48.7 Å². The van der Waals surface area contributed by atoms with E-state index in [1.165, 1.54) is 19.3 Å². The molecule has 152 valence electrons. The molecule has 1 spiro atoms. The highest BCUT2D eigenvalue weighted by Gasteiger charge is 2.65. The minimum absolute atomic E-state index is 0.142. The van der Waals surface area contributed by atoms with Crippen LogP contribution in [0.5, 0.6) is 0 Å². The first-order valence-electron chi connectivity index (χ1n) is 10.8. The molecule has 0 N–H and O–H groups in total. The van der Waals surface area contributed by atoms with Gasteiger partial charge in [-0.25, -0.2) is 8.42 Å². The van der Waals surface area contributed by atoms with Crippen LogP contribution in [0.1, 0.15) is 44.1 Å². The summed E-state index contributed by atoms with van der Waals surface area (Å²) in [5, 5.41) is 0. The maximum absolute atomic E-state index is 13.3. The van der Waals surface area contributed by atoms with Crippen LogP contribution in [0, 0.1) is 5.92 Å². The summed E-state index contributed by atoms with van der Waals surface area (Å²) in [6.07, 6.45) is 6.24. The number of hydrogen-bond acceptors (Lipinski definition) is 4. The van der Waals surface area contributed by atoms with Crippen molar-refractivity contribution in [3.8, 4) is 0 Å². The monoisotopic (exact) mass is 402 g/mol. The standard InChI is InChI=1S/C22H30N2O3S/c25-20(21(10-11-21)18-7-3-1-4-8-18)24-16-22(17-24)19(9-14-28(22,26)27)15-23-12-5-2-6-13-23/h1,3-4,7-8,19H,2,5-6,9-17H2. The number of carbonyl (C=O) groups excluding carboxylic acids is 1. The zero-order valence-corrected chi connectivity index (χ0v) is 17.3. The van der Waals surface area contributed by atoms with Crippen LogP contribution in [0.4, 0.5) is 0 Å². The Morgan fingerprint density at radius 3 is 2.36 bits per heavy atom. The van der Waals surface area contributed by atoms with Crippen LogP contribution in [-0.2, 0) is 20.0 Å². The van der Waals surface area contributed by atoms with Gasteiger partial charge in [0.2, 0.25) is 5.91 Å². The lowest BCUT2D eigenvalue weighted by Crippen LogP contribution is -2.70. The third-order valence-corrected chi connectivity index (χ3v) is 10.3. The lowest BCUT2D eigenvalue weighted by molar-refractivity contribution is -0.140. The van der Waals surface area contributed by atoms with Gasteiger partial charge in [0.25, 0.3) is 0 Å². The molecule has 0 aromatic heterocycles. The van der Waals surface area contributed by atoms with E-state index < -0.39 is 20.0 Å². The Labute approximate surface area is 168 Å². The molecule has 3 heterocycles. The van der Waals surface area contributed by atoms with Crippen molar-refractivity contribution in [1.82, 2.24) is 9.80 Å². The number of hydrogen-bond donors (Lipinski definition) is 0. The molecule has 1 aliphatic carbocycles. The molecule has 1 unspecified atom stereocenters. The van der Waals surface area contributed by atoms with E-state index in [1.807, 2.05) is 35.2 Å². The Hall–Kier alpha value is -1.40. The number of benzene rings is 1. The van der Waals surface area contributed by atoms with Crippen LogP contribution in [0.25, 0.3) is 0 Å². The lowest BCUT2D eigenvalue weighted by atomic mass is 9.81. The third kappa shape index (κ3) is 2.75. The lowest BCUT2D eigenvalue weighted by Gasteiger charge is -2.51. The van der Waals surface area contributed by atoms with Crippen molar-refractivity contribution in [1.29, 1.82) is 0 Å². The molecule has 28 heavy (non-hydrogen) atoms. The van der Waals surface area contributed by atoms with Gasteiger partial charge in [-0.1, -0.05) is 36.8 Å². The first kappa shape index (κ1) is 18.6. The molecule has 4 aliphatic rings. The van der Waals surface area contributed by atoms with Crippen LogP contribution < -0.4 is 0 Å². The molecule has 1 aromatic rings. The van der Waals surface area contributed by atoms with Gasteiger partial charge in [-0.15, -0.1) is 0 Å². The second-order valence-corrected chi connectivity index (χ2v) is 11.8. The van der Waals surface area contributed by atoms with Crippen molar-refractivity contribution >= 4 is 15.7 Å². The summed E-state index contributed by atoms with van der Waals surface area (Å²) in [5.74, 6) is 0.604. The molecule has 1 amide bonds. The summed E-state index contributed by atoms with van der Waals surface area (Å²) >= 11 is 0. The Balaban J connectivity index is 1.32. The number of piperidine rings is 1.